The van der Waals surface area contributed by atoms with Crippen LogP contribution >= 0.6 is 0 Å². The molecule has 0 aliphatic heterocycles. The molecule has 1 aromatic rings. The van der Waals surface area contributed by atoms with Crippen LogP contribution in [0.1, 0.15) is 12.0 Å². The summed E-state index contributed by atoms with van der Waals surface area (Å²) in [5.41, 5.74) is 1.79. The number of carbonyl (C=O) groups is 1. The van der Waals surface area contributed by atoms with Crippen LogP contribution in [0.5, 0.6) is 0 Å². The molecule has 0 heterocycles. The topological polar surface area (TPSA) is 87.3 Å². The van der Waals surface area contributed by atoms with Crippen molar-refractivity contribution in [2.45, 2.75) is 13.3 Å². The van der Waals surface area contributed by atoms with Crippen LogP contribution in [0.25, 0.3) is 0 Å². The highest BCUT2D eigenvalue weighted by molar-refractivity contribution is 7.88. The summed E-state index contributed by atoms with van der Waals surface area (Å²) in [6.45, 7) is 2.66. The molecule has 0 saturated carbocycles. The number of amides is 2. The summed E-state index contributed by atoms with van der Waals surface area (Å²) < 4.78 is 23.9. The third-order valence-electron chi connectivity index (χ3n) is 2.28. The molecule has 0 aromatic heterocycles. The smallest absolute Gasteiger partial charge is 0.319 e. The van der Waals surface area contributed by atoms with Gasteiger partial charge in [-0.3, -0.25) is 0 Å². The van der Waals surface area contributed by atoms with E-state index in [0.29, 0.717) is 19.5 Å². The number of anilines is 1. The van der Waals surface area contributed by atoms with Crippen molar-refractivity contribution in [1.29, 1.82) is 0 Å². The molecule has 0 unspecified atom stereocenters. The maximum Gasteiger partial charge on any atom is 0.319 e. The minimum absolute atomic E-state index is 0.301. The molecule has 0 fully saturated rings. The van der Waals surface area contributed by atoms with E-state index in [1.807, 2.05) is 25.1 Å². The van der Waals surface area contributed by atoms with Crippen LogP contribution in [0.3, 0.4) is 0 Å². The van der Waals surface area contributed by atoms with Crippen molar-refractivity contribution < 1.29 is 13.2 Å². The second-order valence-electron chi connectivity index (χ2n) is 4.27. The van der Waals surface area contributed by atoms with E-state index in [2.05, 4.69) is 15.4 Å². The second kappa shape index (κ2) is 7.10. The molecule has 0 bridgehead atoms. The number of carbonyl (C=O) groups excluding carboxylic acids is 1. The van der Waals surface area contributed by atoms with Crippen molar-refractivity contribution >= 4 is 21.7 Å². The Morgan fingerprint density at radius 3 is 2.63 bits per heavy atom. The molecular formula is C12H19N3O3S. The van der Waals surface area contributed by atoms with Gasteiger partial charge in [0.1, 0.15) is 0 Å². The van der Waals surface area contributed by atoms with Crippen LogP contribution in [-0.2, 0) is 10.0 Å². The van der Waals surface area contributed by atoms with Gasteiger partial charge in [-0.15, -0.1) is 0 Å². The van der Waals surface area contributed by atoms with Crippen molar-refractivity contribution in [3.8, 4) is 0 Å². The average molecular weight is 285 g/mol. The predicted molar refractivity (Wildman–Crippen MR) is 75.7 cm³/mol. The highest BCUT2D eigenvalue weighted by Gasteiger charge is 2.02. The van der Waals surface area contributed by atoms with Gasteiger partial charge in [0, 0.05) is 18.8 Å². The number of sulfonamides is 1. The highest BCUT2D eigenvalue weighted by Crippen LogP contribution is 2.08. The minimum atomic E-state index is -3.16. The van der Waals surface area contributed by atoms with E-state index in [1.165, 1.54) is 0 Å². The SMILES string of the molecule is Cc1cccc(NC(=O)NCCCNS(C)(=O)=O)c1. The van der Waals surface area contributed by atoms with E-state index < -0.39 is 10.0 Å². The lowest BCUT2D eigenvalue weighted by Crippen LogP contribution is -2.32. The second-order valence-corrected chi connectivity index (χ2v) is 6.10. The summed E-state index contributed by atoms with van der Waals surface area (Å²) in [4.78, 5) is 11.5. The first-order chi connectivity index (χ1) is 8.87. The molecule has 0 aliphatic carbocycles. The van der Waals surface area contributed by atoms with E-state index in [0.717, 1.165) is 17.5 Å². The van der Waals surface area contributed by atoms with E-state index in [1.54, 1.807) is 6.07 Å². The fraction of sp³-hybridized carbons (Fsp3) is 0.417. The van der Waals surface area contributed by atoms with Gasteiger partial charge in [-0.1, -0.05) is 12.1 Å². The van der Waals surface area contributed by atoms with Crippen LogP contribution in [0.2, 0.25) is 0 Å². The fourth-order valence-corrected chi connectivity index (χ4v) is 1.96. The van der Waals surface area contributed by atoms with Gasteiger partial charge < -0.3 is 10.6 Å². The summed E-state index contributed by atoms with van der Waals surface area (Å²) in [5, 5.41) is 5.35. The standard InChI is InChI=1S/C12H19N3O3S/c1-10-5-3-6-11(9-10)15-12(16)13-7-4-8-14-19(2,17)18/h3,5-6,9,14H,4,7-8H2,1-2H3,(H2,13,15,16). The molecule has 106 valence electrons. The summed E-state index contributed by atoms with van der Waals surface area (Å²) in [7, 11) is -3.16. The van der Waals surface area contributed by atoms with Gasteiger partial charge in [0.15, 0.2) is 0 Å². The van der Waals surface area contributed by atoms with E-state index in [-0.39, 0.29) is 6.03 Å². The van der Waals surface area contributed by atoms with Gasteiger partial charge >= 0.3 is 6.03 Å². The monoisotopic (exact) mass is 285 g/mol. The number of aryl methyl sites for hydroxylation is 1. The number of urea groups is 1. The van der Waals surface area contributed by atoms with Crippen molar-refractivity contribution in [3.63, 3.8) is 0 Å². The number of benzene rings is 1. The zero-order chi connectivity index (χ0) is 14.3. The summed E-state index contributed by atoms with van der Waals surface area (Å²) >= 11 is 0. The molecule has 0 atom stereocenters. The van der Waals surface area contributed by atoms with E-state index >= 15 is 0 Å². The van der Waals surface area contributed by atoms with Gasteiger partial charge in [-0.2, -0.15) is 0 Å². The Kier molecular flexibility index (Phi) is 5.78. The van der Waals surface area contributed by atoms with Crippen molar-refractivity contribution in [1.82, 2.24) is 10.0 Å². The van der Waals surface area contributed by atoms with Crippen molar-refractivity contribution in [3.05, 3.63) is 29.8 Å². The third kappa shape index (κ3) is 7.43. The quantitative estimate of drug-likeness (QED) is 0.683. The average Bonchev–Trinajstić information content (AvgIpc) is 2.26. The largest absolute Gasteiger partial charge is 0.338 e. The van der Waals surface area contributed by atoms with Crippen LogP contribution < -0.4 is 15.4 Å². The number of rotatable bonds is 6. The normalized spacial score (nSPS) is 11.1. The summed E-state index contributed by atoms with van der Waals surface area (Å²) in [5.74, 6) is 0. The van der Waals surface area contributed by atoms with Crippen LogP contribution in [-0.4, -0.2) is 33.8 Å². The van der Waals surface area contributed by atoms with E-state index in [4.69, 9.17) is 0 Å². The van der Waals surface area contributed by atoms with Crippen LogP contribution in [0.4, 0.5) is 10.5 Å². The lowest BCUT2D eigenvalue weighted by atomic mass is 10.2. The zero-order valence-corrected chi connectivity index (χ0v) is 11.9. The lowest BCUT2D eigenvalue weighted by Gasteiger charge is -2.08. The number of hydrogen-bond donors (Lipinski definition) is 3. The molecule has 6 nitrogen and oxygen atoms in total. The first-order valence-electron chi connectivity index (χ1n) is 5.93. The van der Waals surface area contributed by atoms with Crippen molar-refractivity contribution in [2.24, 2.45) is 0 Å². The van der Waals surface area contributed by atoms with E-state index in [9.17, 15) is 13.2 Å². The van der Waals surface area contributed by atoms with Gasteiger partial charge in [0.05, 0.1) is 6.26 Å². The molecule has 1 aromatic carbocycles. The molecule has 3 N–H and O–H groups in total. The minimum Gasteiger partial charge on any atom is -0.338 e. The highest BCUT2D eigenvalue weighted by atomic mass is 32.2. The van der Waals surface area contributed by atoms with Crippen LogP contribution in [0, 0.1) is 6.92 Å². The molecule has 7 heteroatoms. The summed E-state index contributed by atoms with van der Waals surface area (Å²) in [6, 6.07) is 7.17. The maximum absolute atomic E-state index is 11.5. The van der Waals surface area contributed by atoms with Gasteiger partial charge in [-0.25, -0.2) is 17.9 Å². The number of nitrogens with one attached hydrogen (secondary N) is 3. The Morgan fingerprint density at radius 2 is 2.00 bits per heavy atom. The maximum atomic E-state index is 11.5. The molecule has 0 aliphatic rings. The molecule has 19 heavy (non-hydrogen) atoms. The Bertz CT molecular complexity index is 529. The van der Waals surface area contributed by atoms with Gasteiger partial charge in [0.2, 0.25) is 10.0 Å². The fourth-order valence-electron chi connectivity index (χ4n) is 1.45. The molecule has 2 amide bonds. The molecule has 1 rings (SSSR count). The Morgan fingerprint density at radius 1 is 1.26 bits per heavy atom. The lowest BCUT2D eigenvalue weighted by molar-refractivity contribution is 0.252. The number of hydrogen-bond acceptors (Lipinski definition) is 3. The van der Waals surface area contributed by atoms with Gasteiger partial charge in [-0.05, 0) is 31.0 Å². The van der Waals surface area contributed by atoms with Crippen molar-refractivity contribution in [2.75, 3.05) is 24.7 Å². The molecular weight excluding hydrogens is 266 g/mol. The Balaban J connectivity index is 2.22. The zero-order valence-electron chi connectivity index (χ0n) is 11.1. The Hall–Kier alpha value is -1.60. The van der Waals surface area contributed by atoms with Gasteiger partial charge in [0.25, 0.3) is 0 Å². The molecule has 0 saturated heterocycles. The van der Waals surface area contributed by atoms with Crippen LogP contribution in [0.15, 0.2) is 24.3 Å². The predicted octanol–water partition coefficient (Wildman–Crippen LogP) is 1.06. The first-order valence-corrected chi connectivity index (χ1v) is 7.82. The first kappa shape index (κ1) is 15.5. The molecule has 0 radical (unpaired) electrons. The third-order valence-corrected chi connectivity index (χ3v) is 3.01. The summed E-state index contributed by atoms with van der Waals surface area (Å²) in [6.07, 6.45) is 1.64. The Labute approximate surface area is 113 Å². The molecule has 0 spiro atoms.